The van der Waals surface area contributed by atoms with Gasteiger partial charge in [-0.1, -0.05) is 19.0 Å². The van der Waals surface area contributed by atoms with Crippen molar-refractivity contribution in [3.05, 3.63) is 36.4 Å². The molecule has 0 aliphatic heterocycles. The van der Waals surface area contributed by atoms with E-state index in [4.69, 9.17) is 4.52 Å². The Bertz CT molecular complexity index is 437. The van der Waals surface area contributed by atoms with Crippen molar-refractivity contribution >= 4 is 0 Å². The molecule has 16 heavy (non-hydrogen) atoms. The topological polar surface area (TPSA) is 51.0 Å². The Morgan fingerprint density at radius 1 is 1.44 bits per heavy atom. The van der Waals surface area contributed by atoms with Gasteiger partial charge >= 0.3 is 0 Å². The lowest BCUT2D eigenvalue weighted by atomic mass is 10.2. The van der Waals surface area contributed by atoms with E-state index >= 15 is 0 Å². The van der Waals surface area contributed by atoms with E-state index in [1.54, 1.807) is 12.4 Å². The smallest absolute Gasteiger partial charge is 0.151 e. The molecule has 2 aromatic heterocycles. The predicted molar refractivity (Wildman–Crippen MR) is 61.7 cm³/mol. The Morgan fingerprint density at radius 2 is 2.31 bits per heavy atom. The van der Waals surface area contributed by atoms with Crippen molar-refractivity contribution < 1.29 is 4.52 Å². The molecule has 0 saturated carbocycles. The number of pyridine rings is 1. The highest BCUT2D eigenvalue weighted by Crippen LogP contribution is 2.17. The van der Waals surface area contributed by atoms with Crippen LogP contribution in [0.4, 0.5) is 0 Å². The second-order valence-electron chi connectivity index (χ2n) is 3.96. The summed E-state index contributed by atoms with van der Waals surface area (Å²) in [5, 5.41) is 7.29. The van der Waals surface area contributed by atoms with E-state index in [0.29, 0.717) is 12.6 Å². The third-order valence-electron chi connectivity index (χ3n) is 2.20. The van der Waals surface area contributed by atoms with Crippen LogP contribution in [0.1, 0.15) is 19.6 Å². The van der Waals surface area contributed by atoms with Crippen LogP contribution in [-0.4, -0.2) is 16.2 Å². The van der Waals surface area contributed by atoms with Crippen LogP contribution < -0.4 is 5.32 Å². The highest BCUT2D eigenvalue weighted by Gasteiger charge is 2.06. The minimum atomic E-state index is 0.437. The van der Waals surface area contributed by atoms with Gasteiger partial charge in [-0.15, -0.1) is 0 Å². The summed E-state index contributed by atoms with van der Waals surface area (Å²) in [5.74, 6) is 0.840. The number of hydrogen-bond acceptors (Lipinski definition) is 4. The normalized spacial score (nSPS) is 10.9. The monoisotopic (exact) mass is 217 g/mol. The molecule has 0 unspecified atom stereocenters. The lowest BCUT2D eigenvalue weighted by molar-refractivity contribution is 0.369. The van der Waals surface area contributed by atoms with Crippen molar-refractivity contribution in [3.8, 4) is 11.3 Å². The number of aromatic nitrogens is 2. The van der Waals surface area contributed by atoms with Crippen LogP contribution in [0.15, 0.2) is 35.1 Å². The zero-order valence-corrected chi connectivity index (χ0v) is 9.47. The van der Waals surface area contributed by atoms with Crippen LogP contribution in [0.25, 0.3) is 11.3 Å². The Balaban J connectivity index is 2.08. The molecule has 2 rings (SSSR count). The molecule has 0 spiro atoms. The maximum Gasteiger partial charge on any atom is 0.151 e. The van der Waals surface area contributed by atoms with Crippen molar-refractivity contribution in [1.82, 2.24) is 15.5 Å². The van der Waals surface area contributed by atoms with E-state index in [1.165, 1.54) is 0 Å². The standard InChI is InChI=1S/C12H15N3O/c1-9(2)14-8-11-6-12(15-16-11)10-4-3-5-13-7-10/h3-7,9,14H,8H2,1-2H3. The number of rotatable bonds is 4. The van der Waals surface area contributed by atoms with Crippen LogP contribution in [-0.2, 0) is 6.54 Å². The minimum Gasteiger partial charge on any atom is -0.359 e. The van der Waals surface area contributed by atoms with Crippen LogP contribution in [0.5, 0.6) is 0 Å². The zero-order valence-electron chi connectivity index (χ0n) is 9.47. The predicted octanol–water partition coefficient (Wildman–Crippen LogP) is 2.23. The molecule has 1 N–H and O–H groups in total. The van der Waals surface area contributed by atoms with Crippen molar-refractivity contribution in [2.45, 2.75) is 26.4 Å². The summed E-state index contributed by atoms with van der Waals surface area (Å²) in [6.07, 6.45) is 3.52. The molecule has 0 atom stereocenters. The summed E-state index contributed by atoms with van der Waals surface area (Å²) < 4.78 is 5.23. The van der Waals surface area contributed by atoms with Gasteiger partial charge in [0.2, 0.25) is 0 Å². The molecule has 2 aromatic rings. The molecule has 4 nitrogen and oxygen atoms in total. The maximum absolute atomic E-state index is 5.23. The highest BCUT2D eigenvalue weighted by atomic mass is 16.5. The lowest BCUT2D eigenvalue weighted by Gasteiger charge is -2.03. The molecular formula is C12H15N3O. The summed E-state index contributed by atoms with van der Waals surface area (Å²) in [4.78, 5) is 4.05. The summed E-state index contributed by atoms with van der Waals surface area (Å²) >= 11 is 0. The summed E-state index contributed by atoms with van der Waals surface area (Å²) in [6, 6.07) is 6.22. The first kappa shape index (κ1) is 10.8. The number of nitrogens with one attached hydrogen (secondary N) is 1. The van der Waals surface area contributed by atoms with Crippen molar-refractivity contribution in [1.29, 1.82) is 0 Å². The summed E-state index contributed by atoms with van der Waals surface area (Å²) in [5.41, 5.74) is 1.80. The van der Waals surface area contributed by atoms with E-state index in [1.807, 2.05) is 18.2 Å². The SMILES string of the molecule is CC(C)NCc1cc(-c2cccnc2)no1. The quantitative estimate of drug-likeness (QED) is 0.853. The third-order valence-corrected chi connectivity index (χ3v) is 2.20. The Morgan fingerprint density at radius 3 is 3.00 bits per heavy atom. The zero-order chi connectivity index (χ0) is 11.4. The molecule has 0 saturated heterocycles. The third kappa shape index (κ3) is 2.67. The second-order valence-corrected chi connectivity index (χ2v) is 3.96. The molecule has 0 fully saturated rings. The van der Waals surface area contributed by atoms with Crippen LogP contribution in [0.3, 0.4) is 0 Å². The van der Waals surface area contributed by atoms with E-state index in [2.05, 4.69) is 29.3 Å². The molecule has 0 aliphatic carbocycles. The van der Waals surface area contributed by atoms with Crippen LogP contribution >= 0.6 is 0 Å². The lowest BCUT2D eigenvalue weighted by Crippen LogP contribution is -2.21. The Labute approximate surface area is 94.7 Å². The van der Waals surface area contributed by atoms with Crippen molar-refractivity contribution in [2.75, 3.05) is 0 Å². The summed E-state index contributed by atoms with van der Waals surface area (Å²) in [7, 11) is 0. The van der Waals surface area contributed by atoms with E-state index in [-0.39, 0.29) is 0 Å². The fraction of sp³-hybridized carbons (Fsp3) is 0.333. The van der Waals surface area contributed by atoms with E-state index < -0.39 is 0 Å². The van der Waals surface area contributed by atoms with Crippen LogP contribution in [0, 0.1) is 0 Å². The Kier molecular flexibility index (Phi) is 3.31. The number of hydrogen-bond donors (Lipinski definition) is 1. The first-order valence-electron chi connectivity index (χ1n) is 5.35. The van der Waals surface area contributed by atoms with Gasteiger partial charge < -0.3 is 9.84 Å². The van der Waals surface area contributed by atoms with Gasteiger partial charge in [-0.05, 0) is 12.1 Å². The van der Waals surface area contributed by atoms with Gasteiger partial charge in [0.05, 0.1) is 6.54 Å². The largest absolute Gasteiger partial charge is 0.359 e. The number of nitrogens with zero attached hydrogens (tertiary/aromatic N) is 2. The van der Waals surface area contributed by atoms with E-state index in [0.717, 1.165) is 17.0 Å². The molecule has 0 aromatic carbocycles. The van der Waals surface area contributed by atoms with Gasteiger partial charge in [-0.2, -0.15) is 0 Å². The minimum absolute atomic E-state index is 0.437. The highest BCUT2D eigenvalue weighted by molar-refractivity contribution is 5.56. The van der Waals surface area contributed by atoms with Gasteiger partial charge in [0.25, 0.3) is 0 Å². The molecule has 0 aliphatic rings. The first-order chi connectivity index (χ1) is 7.75. The molecule has 2 heterocycles. The van der Waals surface area contributed by atoms with Gasteiger partial charge in [0.1, 0.15) is 5.69 Å². The molecule has 84 valence electrons. The average Bonchev–Trinajstić information content (AvgIpc) is 2.76. The van der Waals surface area contributed by atoms with Gasteiger partial charge in [0, 0.05) is 30.1 Å². The second kappa shape index (κ2) is 4.90. The van der Waals surface area contributed by atoms with Crippen molar-refractivity contribution in [2.24, 2.45) is 0 Å². The van der Waals surface area contributed by atoms with E-state index in [9.17, 15) is 0 Å². The van der Waals surface area contributed by atoms with Gasteiger partial charge in [-0.3, -0.25) is 4.98 Å². The summed E-state index contributed by atoms with van der Waals surface area (Å²) in [6.45, 7) is 4.89. The molecule has 0 bridgehead atoms. The molecule has 4 heteroatoms. The van der Waals surface area contributed by atoms with Gasteiger partial charge in [0.15, 0.2) is 5.76 Å². The fourth-order valence-electron chi connectivity index (χ4n) is 1.35. The average molecular weight is 217 g/mol. The first-order valence-corrected chi connectivity index (χ1v) is 5.35. The van der Waals surface area contributed by atoms with Gasteiger partial charge in [-0.25, -0.2) is 0 Å². The van der Waals surface area contributed by atoms with Crippen molar-refractivity contribution in [3.63, 3.8) is 0 Å². The molecular weight excluding hydrogens is 202 g/mol. The fourth-order valence-corrected chi connectivity index (χ4v) is 1.35. The molecule has 0 radical (unpaired) electrons. The molecule has 0 amide bonds. The van der Waals surface area contributed by atoms with Crippen LogP contribution in [0.2, 0.25) is 0 Å². The Hall–Kier alpha value is -1.68. The maximum atomic E-state index is 5.23.